The smallest absolute Gasteiger partial charge is 0.279 e. The number of hydrogen-bond donors (Lipinski definition) is 0. The predicted octanol–water partition coefficient (Wildman–Crippen LogP) is 4.57. The summed E-state index contributed by atoms with van der Waals surface area (Å²) >= 11 is 0. The van der Waals surface area contributed by atoms with Gasteiger partial charge < -0.3 is 9.47 Å². The van der Waals surface area contributed by atoms with Gasteiger partial charge in [0.05, 0.1) is 31.5 Å². The van der Waals surface area contributed by atoms with Gasteiger partial charge in [-0.05, 0) is 59.7 Å². The highest BCUT2D eigenvalue weighted by atomic mass is 16.5. The second kappa shape index (κ2) is 8.02. The van der Waals surface area contributed by atoms with Gasteiger partial charge in [-0.3, -0.25) is 4.79 Å². The summed E-state index contributed by atoms with van der Waals surface area (Å²) in [7, 11) is 3.26. The number of nitrogens with zero attached hydrogens (tertiary/aromatic N) is 2. The van der Waals surface area contributed by atoms with E-state index in [1.807, 2.05) is 66.7 Å². The molecule has 0 saturated carbocycles. The van der Waals surface area contributed by atoms with Gasteiger partial charge in [0.2, 0.25) is 0 Å². The molecule has 0 radical (unpaired) electrons. The molecule has 1 aromatic heterocycles. The summed E-state index contributed by atoms with van der Waals surface area (Å²) in [6.07, 6.45) is 5.74. The van der Waals surface area contributed by atoms with Crippen molar-refractivity contribution in [2.24, 2.45) is 0 Å². The van der Waals surface area contributed by atoms with Gasteiger partial charge in [0.25, 0.3) is 5.56 Å². The van der Waals surface area contributed by atoms with Gasteiger partial charge in [-0.15, -0.1) is 0 Å². The molecule has 0 spiro atoms. The van der Waals surface area contributed by atoms with E-state index < -0.39 is 0 Å². The Morgan fingerprint density at radius 3 is 2.03 bits per heavy atom. The number of rotatable bonds is 5. The Morgan fingerprint density at radius 1 is 0.793 bits per heavy atom. The Balaban J connectivity index is 1.64. The molecule has 0 amide bonds. The van der Waals surface area contributed by atoms with E-state index in [0.717, 1.165) is 28.0 Å². The van der Waals surface area contributed by atoms with Crippen molar-refractivity contribution < 1.29 is 9.47 Å². The van der Waals surface area contributed by atoms with Crippen LogP contribution in [0.15, 0.2) is 77.7 Å². The van der Waals surface area contributed by atoms with Crippen molar-refractivity contribution in [3.8, 4) is 17.2 Å². The summed E-state index contributed by atoms with van der Waals surface area (Å²) in [4.78, 5) is 12.9. The Hall–Kier alpha value is -3.86. The minimum absolute atomic E-state index is 0.154. The van der Waals surface area contributed by atoms with Gasteiger partial charge in [0.15, 0.2) is 0 Å². The third kappa shape index (κ3) is 3.89. The summed E-state index contributed by atoms with van der Waals surface area (Å²) in [5, 5.41) is 5.76. The number of aromatic nitrogens is 2. The molecule has 0 atom stereocenters. The fourth-order valence-electron chi connectivity index (χ4n) is 3.09. The normalized spacial score (nSPS) is 11.1. The molecule has 5 nitrogen and oxygen atoms in total. The summed E-state index contributed by atoms with van der Waals surface area (Å²) in [5.74, 6) is 1.56. The Kier molecular flexibility index (Phi) is 5.12. The maximum absolute atomic E-state index is 12.9. The average Bonchev–Trinajstić information content (AvgIpc) is 2.78. The second-order valence-electron chi connectivity index (χ2n) is 6.51. The van der Waals surface area contributed by atoms with E-state index in [9.17, 15) is 4.79 Å². The van der Waals surface area contributed by atoms with Crippen molar-refractivity contribution in [3.63, 3.8) is 0 Å². The summed E-state index contributed by atoms with van der Waals surface area (Å²) in [6.45, 7) is 0. The second-order valence-corrected chi connectivity index (χ2v) is 6.51. The molecule has 0 aliphatic heterocycles. The van der Waals surface area contributed by atoms with Crippen LogP contribution < -0.4 is 15.0 Å². The molecule has 29 heavy (non-hydrogen) atoms. The van der Waals surface area contributed by atoms with E-state index in [-0.39, 0.29) is 5.56 Å². The van der Waals surface area contributed by atoms with Crippen molar-refractivity contribution in [1.82, 2.24) is 9.78 Å². The van der Waals surface area contributed by atoms with Crippen molar-refractivity contribution in [2.75, 3.05) is 14.2 Å². The Bertz CT molecular complexity index is 1220. The number of fused-ring (bicyclic) bond motifs is 1. The third-order valence-corrected chi connectivity index (χ3v) is 4.71. The van der Waals surface area contributed by atoms with E-state index >= 15 is 0 Å². The van der Waals surface area contributed by atoms with Crippen LogP contribution in [-0.2, 0) is 0 Å². The van der Waals surface area contributed by atoms with Crippen LogP contribution in [0.2, 0.25) is 0 Å². The largest absolute Gasteiger partial charge is 0.497 e. The molecular formula is C24H20N2O3. The maximum Gasteiger partial charge on any atom is 0.279 e. The lowest BCUT2D eigenvalue weighted by Gasteiger charge is -2.07. The highest BCUT2D eigenvalue weighted by Gasteiger charge is 2.07. The van der Waals surface area contributed by atoms with E-state index in [4.69, 9.17) is 9.47 Å². The monoisotopic (exact) mass is 384 g/mol. The van der Waals surface area contributed by atoms with E-state index in [1.165, 1.54) is 4.68 Å². The van der Waals surface area contributed by atoms with Gasteiger partial charge >= 0.3 is 0 Å². The third-order valence-electron chi connectivity index (χ3n) is 4.71. The molecule has 4 rings (SSSR count). The first-order chi connectivity index (χ1) is 14.2. The summed E-state index contributed by atoms with van der Waals surface area (Å²) in [6, 6.07) is 20.8. The summed E-state index contributed by atoms with van der Waals surface area (Å²) < 4.78 is 11.7. The van der Waals surface area contributed by atoms with Gasteiger partial charge in [0.1, 0.15) is 11.5 Å². The van der Waals surface area contributed by atoms with Crippen LogP contribution in [0.5, 0.6) is 11.5 Å². The molecule has 0 fully saturated rings. The van der Waals surface area contributed by atoms with Crippen molar-refractivity contribution in [3.05, 3.63) is 94.4 Å². The summed E-state index contributed by atoms with van der Waals surface area (Å²) in [5.41, 5.74) is 2.61. The molecule has 0 saturated heterocycles. The van der Waals surface area contributed by atoms with Crippen LogP contribution in [0.3, 0.4) is 0 Å². The zero-order valence-corrected chi connectivity index (χ0v) is 16.2. The van der Waals surface area contributed by atoms with Crippen LogP contribution in [0.4, 0.5) is 0 Å². The quantitative estimate of drug-likeness (QED) is 0.473. The van der Waals surface area contributed by atoms with Crippen molar-refractivity contribution in [2.45, 2.75) is 0 Å². The minimum atomic E-state index is -0.154. The topological polar surface area (TPSA) is 53.4 Å². The van der Waals surface area contributed by atoms with Gasteiger partial charge in [0, 0.05) is 5.39 Å². The average molecular weight is 384 g/mol. The Labute approximate surface area is 168 Å². The number of benzene rings is 3. The standard InChI is InChI=1S/C24H20N2O3/c1-28-21-10-5-17(6-11-21)3-4-18-7-14-23-19(15-18)16-25-26(24(23)27)20-8-12-22(29-2)13-9-20/h3-16H,1-2H3. The number of methoxy groups -OCH3 is 2. The predicted molar refractivity (Wildman–Crippen MR) is 116 cm³/mol. The lowest BCUT2D eigenvalue weighted by atomic mass is 10.1. The first-order valence-electron chi connectivity index (χ1n) is 9.16. The SMILES string of the molecule is COc1ccc(C=Cc2ccc3c(=O)n(-c4ccc(OC)cc4)ncc3c2)cc1. The van der Waals surface area contributed by atoms with Crippen LogP contribution in [-0.4, -0.2) is 24.0 Å². The molecule has 0 unspecified atom stereocenters. The van der Waals surface area contributed by atoms with Gasteiger partial charge in [-0.25, -0.2) is 0 Å². The number of hydrogen-bond acceptors (Lipinski definition) is 4. The van der Waals surface area contributed by atoms with Crippen LogP contribution in [0, 0.1) is 0 Å². The first-order valence-corrected chi connectivity index (χ1v) is 9.16. The van der Waals surface area contributed by atoms with Crippen LogP contribution >= 0.6 is 0 Å². The van der Waals surface area contributed by atoms with Crippen LogP contribution in [0.25, 0.3) is 28.6 Å². The van der Waals surface area contributed by atoms with Gasteiger partial charge in [-0.1, -0.05) is 30.4 Å². The highest BCUT2D eigenvalue weighted by Crippen LogP contribution is 2.18. The molecule has 0 aliphatic rings. The van der Waals surface area contributed by atoms with E-state index in [0.29, 0.717) is 11.1 Å². The van der Waals surface area contributed by atoms with Crippen molar-refractivity contribution in [1.29, 1.82) is 0 Å². The van der Waals surface area contributed by atoms with Crippen LogP contribution in [0.1, 0.15) is 11.1 Å². The maximum atomic E-state index is 12.9. The Morgan fingerprint density at radius 2 is 1.38 bits per heavy atom. The first kappa shape index (κ1) is 18.5. The molecule has 4 aromatic rings. The lowest BCUT2D eigenvalue weighted by Crippen LogP contribution is -2.20. The van der Waals surface area contributed by atoms with Crippen molar-refractivity contribution >= 4 is 22.9 Å². The molecule has 5 heteroatoms. The highest BCUT2D eigenvalue weighted by molar-refractivity contribution is 5.84. The fraction of sp³-hybridized carbons (Fsp3) is 0.0833. The molecule has 144 valence electrons. The zero-order chi connectivity index (χ0) is 20.2. The van der Waals surface area contributed by atoms with E-state index in [1.54, 1.807) is 32.5 Å². The fourth-order valence-corrected chi connectivity index (χ4v) is 3.09. The number of ether oxygens (including phenoxy) is 2. The molecule has 0 bridgehead atoms. The molecule has 0 N–H and O–H groups in total. The zero-order valence-electron chi connectivity index (χ0n) is 16.2. The molecular weight excluding hydrogens is 364 g/mol. The van der Waals surface area contributed by atoms with E-state index in [2.05, 4.69) is 5.10 Å². The molecule has 3 aromatic carbocycles. The lowest BCUT2D eigenvalue weighted by molar-refractivity contribution is 0.414. The molecule has 0 aliphatic carbocycles. The van der Waals surface area contributed by atoms with Gasteiger partial charge in [-0.2, -0.15) is 9.78 Å². The molecule has 1 heterocycles. The minimum Gasteiger partial charge on any atom is -0.497 e.